The molecule has 0 radical (unpaired) electrons. The van der Waals surface area contributed by atoms with Gasteiger partial charge in [-0.1, -0.05) is 53.9 Å². The summed E-state index contributed by atoms with van der Waals surface area (Å²) >= 11 is 0. The molecular formula is C16H33N. The quantitative estimate of drug-likeness (QED) is 0.746. The van der Waals surface area contributed by atoms with Crippen LogP contribution in [0, 0.1) is 23.2 Å². The van der Waals surface area contributed by atoms with Crippen LogP contribution in [0.4, 0.5) is 0 Å². The Morgan fingerprint density at radius 3 is 2.24 bits per heavy atom. The molecule has 0 aliphatic heterocycles. The third-order valence-electron chi connectivity index (χ3n) is 5.48. The van der Waals surface area contributed by atoms with Crippen LogP contribution in [0.25, 0.3) is 0 Å². The van der Waals surface area contributed by atoms with Crippen molar-refractivity contribution in [3.63, 3.8) is 0 Å². The Morgan fingerprint density at radius 1 is 1.18 bits per heavy atom. The second kappa shape index (κ2) is 6.22. The van der Waals surface area contributed by atoms with E-state index < -0.39 is 0 Å². The Hall–Kier alpha value is -0.0400. The van der Waals surface area contributed by atoms with Gasteiger partial charge in [-0.25, -0.2) is 0 Å². The average Bonchev–Trinajstić information content (AvgIpc) is 2.29. The molecule has 3 atom stereocenters. The molecule has 0 aromatic heterocycles. The highest BCUT2D eigenvalue weighted by atomic mass is 14.9. The van der Waals surface area contributed by atoms with Gasteiger partial charge in [-0.15, -0.1) is 0 Å². The van der Waals surface area contributed by atoms with Gasteiger partial charge in [0.15, 0.2) is 0 Å². The predicted molar refractivity (Wildman–Crippen MR) is 77.2 cm³/mol. The van der Waals surface area contributed by atoms with E-state index in [-0.39, 0.29) is 0 Å². The summed E-state index contributed by atoms with van der Waals surface area (Å²) in [4.78, 5) is 0. The molecule has 0 aromatic rings. The zero-order valence-electron chi connectivity index (χ0n) is 12.8. The molecule has 1 fully saturated rings. The van der Waals surface area contributed by atoms with E-state index in [1.165, 1.54) is 32.1 Å². The van der Waals surface area contributed by atoms with Gasteiger partial charge >= 0.3 is 0 Å². The smallest absolute Gasteiger partial charge is 0.0100 e. The van der Waals surface area contributed by atoms with E-state index in [1.807, 2.05) is 0 Å². The van der Waals surface area contributed by atoms with Crippen LogP contribution in [0.15, 0.2) is 0 Å². The molecule has 0 heterocycles. The van der Waals surface area contributed by atoms with Crippen molar-refractivity contribution in [2.45, 2.75) is 72.8 Å². The van der Waals surface area contributed by atoms with Crippen molar-refractivity contribution < 1.29 is 0 Å². The first-order chi connectivity index (χ1) is 7.97. The van der Waals surface area contributed by atoms with Crippen molar-refractivity contribution in [2.75, 3.05) is 7.05 Å². The minimum Gasteiger partial charge on any atom is -0.317 e. The molecule has 1 rings (SSSR count). The monoisotopic (exact) mass is 239 g/mol. The Kier molecular flexibility index (Phi) is 5.50. The lowest BCUT2D eigenvalue weighted by Crippen LogP contribution is -2.48. The largest absolute Gasteiger partial charge is 0.317 e. The van der Waals surface area contributed by atoms with E-state index in [0.29, 0.717) is 5.41 Å². The van der Waals surface area contributed by atoms with Crippen molar-refractivity contribution in [1.29, 1.82) is 0 Å². The van der Waals surface area contributed by atoms with Gasteiger partial charge < -0.3 is 5.32 Å². The number of hydrogen-bond acceptors (Lipinski definition) is 1. The number of rotatable bonds is 5. The second-order valence-electron chi connectivity index (χ2n) is 6.75. The maximum absolute atomic E-state index is 3.59. The maximum atomic E-state index is 3.59. The van der Waals surface area contributed by atoms with E-state index in [0.717, 1.165) is 23.8 Å². The molecular weight excluding hydrogens is 206 g/mol. The summed E-state index contributed by atoms with van der Waals surface area (Å²) in [7, 11) is 2.15. The van der Waals surface area contributed by atoms with E-state index in [9.17, 15) is 0 Å². The van der Waals surface area contributed by atoms with Gasteiger partial charge in [-0.2, -0.15) is 0 Å². The molecule has 1 saturated carbocycles. The van der Waals surface area contributed by atoms with E-state index >= 15 is 0 Å². The minimum atomic E-state index is 0.483. The van der Waals surface area contributed by atoms with Crippen molar-refractivity contribution in [3.8, 4) is 0 Å². The Bertz CT molecular complexity index is 218. The molecule has 1 nitrogen and oxygen atoms in total. The van der Waals surface area contributed by atoms with Crippen molar-refractivity contribution in [1.82, 2.24) is 5.32 Å². The zero-order valence-corrected chi connectivity index (χ0v) is 12.8. The van der Waals surface area contributed by atoms with Crippen LogP contribution < -0.4 is 5.32 Å². The topological polar surface area (TPSA) is 12.0 Å². The van der Waals surface area contributed by atoms with Crippen LogP contribution in [-0.4, -0.2) is 13.1 Å². The highest BCUT2D eigenvalue weighted by Gasteiger charge is 2.41. The van der Waals surface area contributed by atoms with Crippen LogP contribution in [-0.2, 0) is 0 Å². The highest BCUT2D eigenvalue weighted by molar-refractivity contribution is 4.94. The van der Waals surface area contributed by atoms with Crippen LogP contribution in [0.2, 0.25) is 0 Å². The van der Waals surface area contributed by atoms with Crippen LogP contribution in [0.3, 0.4) is 0 Å². The van der Waals surface area contributed by atoms with Crippen LogP contribution in [0.1, 0.15) is 66.7 Å². The molecule has 102 valence electrons. The van der Waals surface area contributed by atoms with Gasteiger partial charge in [0.05, 0.1) is 0 Å². The third-order valence-corrected chi connectivity index (χ3v) is 5.48. The van der Waals surface area contributed by atoms with Gasteiger partial charge in [0.1, 0.15) is 0 Å². The summed E-state index contributed by atoms with van der Waals surface area (Å²) in [6.45, 7) is 12.1. The minimum absolute atomic E-state index is 0.483. The van der Waals surface area contributed by atoms with E-state index in [2.05, 4.69) is 47.0 Å². The first-order valence-corrected chi connectivity index (χ1v) is 7.64. The molecule has 1 aliphatic carbocycles. The molecule has 1 heteroatoms. The van der Waals surface area contributed by atoms with Crippen molar-refractivity contribution >= 4 is 0 Å². The molecule has 1 N–H and O–H groups in total. The fourth-order valence-corrected chi connectivity index (χ4v) is 4.23. The van der Waals surface area contributed by atoms with Gasteiger partial charge in [0, 0.05) is 6.04 Å². The lowest BCUT2D eigenvalue weighted by atomic mass is 9.60. The third kappa shape index (κ3) is 3.24. The first-order valence-electron chi connectivity index (χ1n) is 7.64. The molecule has 0 aromatic carbocycles. The lowest BCUT2D eigenvalue weighted by Gasteiger charge is -2.48. The Labute approximate surface area is 109 Å². The molecule has 0 spiro atoms. The second-order valence-corrected chi connectivity index (χ2v) is 6.75. The van der Waals surface area contributed by atoms with E-state index in [4.69, 9.17) is 0 Å². The molecule has 1 aliphatic rings. The van der Waals surface area contributed by atoms with Crippen LogP contribution >= 0.6 is 0 Å². The number of hydrogen-bond donors (Lipinski definition) is 1. The van der Waals surface area contributed by atoms with Gasteiger partial charge in [0.25, 0.3) is 0 Å². The molecule has 3 unspecified atom stereocenters. The highest BCUT2D eigenvalue weighted by Crippen LogP contribution is 2.46. The van der Waals surface area contributed by atoms with Gasteiger partial charge in [-0.05, 0) is 43.1 Å². The summed E-state index contributed by atoms with van der Waals surface area (Å²) in [5.41, 5.74) is 0.483. The van der Waals surface area contributed by atoms with Crippen molar-refractivity contribution in [2.24, 2.45) is 23.2 Å². The predicted octanol–water partition coefficient (Wildman–Crippen LogP) is 4.47. The molecule has 0 saturated heterocycles. The normalized spacial score (nSPS) is 30.9. The van der Waals surface area contributed by atoms with Crippen LogP contribution in [0.5, 0.6) is 0 Å². The average molecular weight is 239 g/mol. The fraction of sp³-hybridized carbons (Fsp3) is 1.00. The van der Waals surface area contributed by atoms with Crippen molar-refractivity contribution in [3.05, 3.63) is 0 Å². The summed E-state index contributed by atoms with van der Waals surface area (Å²) in [5.74, 6) is 2.63. The zero-order chi connectivity index (χ0) is 13.1. The molecule has 0 amide bonds. The van der Waals surface area contributed by atoms with Gasteiger partial charge in [-0.3, -0.25) is 0 Å². The summed E-state index contributed by atoms with van der Waals surface area (Å²) in [6.07, 6.45) is 6.85. The standard InChI is InChI=1S/C16H33N/c1-7-13(8-2)16(4,5)14-10-9-12(3)11-15(14)17-6/h12-15,17H,7-11H2,1-6H3. The number of nitrogens with one attached hydrogen (secondary N) is 1. The fourth-order valence-electron chi connectivity index (χ4n) is 4.23. The summed E-state index contributed by atoms with van der Waals surface area (Å²) in [6, 6.07) is 0.731. The summed E-state index contributed by atoms with van der Waals surface area (Å²) in [5, 5.41) is 3.59. The summed E-state index contributed by atoms with van der Waals surface area (Å²) < 4.78 is 0. The van der Waals surface area contributed by atoms with Gasteiger partial charge in [0.2, 0.25) is 0 Å². The van der Waals surface area contributed by atoms with E-state index in [1.54, 1.807) is 0 Å². The SMILES string of the molecule is CCC(CC)C(C)(C)C1CCC(C)CC1NC. The Balaban J connectivity index is 2.80. The Morgan fingerprint density at radius 2 is 1.76 bits per heavy atom. The first kappa shape index (κ1) is 15.0. The lowest BCUT2D eigenvalue weighted by molar-refractivity contribution is 0.0409. The molecule has 17 heavy (non-hydrogen) atoms. The maximum Gasteiger partial charge on any atom is 0.0100 e. The molecule has 0 bridgehead atoms.